The van der Waals surface area contributed by atoms with Crippen LogP contribution in [-0.2, 0) is 6.54 Å². The van der Waals surface area contributed by atoms with Gasteiger partial charge in [0.1, 0.15) is 0 Å². The number of anilines is 1. The van der Waals surface area contributed by atoms with Gasteiger partial charge < -0.3 is 11.1 Å². The Morgan fingerprint density at radius 2 is 1.80 bits per heavy atom. The molecule has 0 aliphatic heterocycles. The molecule has 0 bridgehead atoms. The fourth-order valence-electron chi connectivity index (χ4n) is 1.97. The van der Waals surface area contributed by atoms with Crippen molar-refractivity contribution in [3.05, 3.63) is 62.0 Å². The number of carbonyl (C=O) groups is 1. The molecule has 20 heavy (non-hydrogen) atoms. The number of hydrogen-bond donors (Lipinski definition) is 2. The molecule has 0 unspecified atom stereocenters. The van der Waals surface area contributed by atoms with Crippen LogP contribution in [0.4, 0.5) is 5.69 Å². The Balaban J connectivity index is 2.24. The van der Waals surface area contributed by atoms with E-state index in [1.54, 1.807) is 12.1 Å². The molecule has 0 saturated carbocycles. The molecule has 0 saturated heterocycles. The van der Waals surface area contributed by atoms with Gasteiger partial charge in [0.25, 0.3) is 0 Å². The molecule has 0 aliphatic rings. The molecular formula is C15H14Br2N2O. The lowest BCUT2D eigenvalue weighted by molar-refractivity contribution is 0.0999. The van der Waals surface area contributed by atoms with Crippen LogP contribution in [0.3, 0.4) is 0 Å². The quantitative estimate of drug-likeness (QED) is 0.810. The molecule has 2 aromatic rings. The lowest BCUT2D eigenvalue weighted by atomic mass is 10.1. The summed E-state index contributed by atoms with van der Waals surface area (Å²) in [4.78, 5) is 11.4. The minimum atomic E-state index is -0.413. The van der Waals surface area contributed by atoms with Crippen molar-refractivity contribution in [1.82, 2.24) is 0 Å². The van der Waals surface area contributed by atoms with Crippen LogP contribution in [0.5, 0.6) is 0 Å². The monoisotopic (exact) mass is 396 g/mol. The zero-order chi connectivity index (χ0) is 14.7. The lowest BCUT2D eigenvalue weighted by Gasteiger charge is -2.13. The molecule has 104 valence electrons. The van der Waals surface area contributed by atoms with Gasteiger partial charge in [-0.1, -0.05) is 18.2 Å². The third-order valence-electron chi connectivity index (χ3n) is 2.92. The van der Waals surface area contributed by atoms with E-state index in [9.17, 15) is 4.79 Å². The summed E-state index contributed by atoms with van der Waals surface area (Å²) in [5.74, 6) is -0.413. The summed E-state index contributed by atoms with van der Waals surface area (Å²) in [6.45, 7) is 2.56. The van der Waals surface area contributed by atoms with Crippen LogP contribution in [0.15, 0.2) is 45.3 Å². The molecule has 0 radical (unpaired) electrons. The number of nitrogens with two attached hydrogens (primary N) is 1. The maximum absolute atomic E-state index is 11.4. The smallest absolute Gasteiger partial charge is 0.249 e. The van der Waals surface area contributed by atoms with Gasteiger partial charge in [-0.15, -0.1) is 0 Å². The van der Waals surface area contributed by atoms with Gasteiger partial charge in [-0.2, -0.15) is 0 Å². The Hall–Kier alpha value is -1.33. The van der Waals surface area contributed by atoms with Crippen LogP contribution in [0.1, 0.15) is 21.5 Å². The number of carbonyl (C=O) groups excluding carboxylic acids is 1. The van der Waals surface area contributed by atoms with E-state index in [1.807, 2.05) is 31.2 Å². The Morgan fingerprint density at radius 1 is 1.20 bits per heavy atom. The number of rotatable bonds is 4. The third kappa shape index (κ3) is 3.41. The predicted molar refractivity (Wildman–Crippen MR) is 88.9 cm³/mol. The molecule has 3 N–H and O–H groups in total. The average molecular weight is 398 g/mol. The molecule has 3 nitrogen and oxygen atoms in total. The van der Waals surface area contributed by atoms with E-state index in [-0.39, 0.29) is 0 Å². The van der Waals surface area contributed by atoms with E-state index in [1.165, 1.54) is 0 Å². The van der Waals surface area contributed by atoms with Crippen LogP contribution in [-0.4, -0.2) is 5.91 Å². The Morgan fingerprint density at radius 3 is 2.40 bits per heavy atom. The predicted octanol–water partition coefficient (Wildman–Crippen LogP) is 4.23. The van der Waals surface area contributed by atoms with Crippen LogP contribution in [0, 0.1) is 6.92 Å². The minimum Gasteiger partial charge on any atom is -0.379 e. The molecule has 2 aromatic carbocycles. The summed E-state index contributed by atoms with van der Waals surface area (Å²) in [6.07, 6.45) is 0. The van der Waals surface area contributed by atoms with Gasteiger partial charge >= 0.3 is 0 Å². The van der Waals surface area contributed by atoms with Gasteiger partial charge in [0.2, 0.25) is 5.91 Å². The molecule has 0 heterocycles. The first-order valence-corrected chi connectivity index (χ1v) is 7.65. The van der Waals surface area contributed by atoms with Crippen molar-refractivity contribution in [2.24, 2.45) is 5.73 Å². The van der Waals surface area contributed by atoms with E-state index >= 15 is 0 Å². The highest BCUT2D eigenvalue weighted by Crippen LogP contribution is 2.32. The van der Waals surface area contributed by atoms with Gasteiger partial charge in [-0.05, 0) is 68.1 Å². The van der Waals surface area contributed by atoms with E-state index in [4.69, 9.17) is 5.73 Å². The highest BCUT2D eigenvalue weighted by Gasteiger charge is 2.09. The summed E-state index contributed by atoms with van der Waals surface area (Å²) in [6, 6.07) is 11.4. The maximum atomic E-state index is 11.4. The van der Waals surface area contributed by atoms with E-state index in [0.717, 1.165) is 25.8 Å². The number of aryl methyl sites for hydroxylation is 1. The van der Waals surface area contributed by atoms with Crippen molar-refractivity contribution >= 4 is 43.5 Å². The number of amides is 1. The Kier molecular flexibility index (Phi) is 4.83. The second kappa shape index (κ2) is 6.41. The van der Waals surface area contributed by atoms with E-state index in [0.29, 0.717) is 12.1 Å². The van der Waals surface area contributed by atoms with Crippen LogP contribution in [0.25, 0.3) is 0 Å². The van der Waals surface area contributed by atoms with Crippen molar-refractivity contribution in [1.29, 1.82) is 0 Å². The van der Waals surface area contributed by atoms with Crippen molar-refractivity contribution in [3.8, 4) is 0 Å². The maximum Gasteiger partial charge on any atom is 0.249 e. The number of primary amides is 1. The zero-order valence-electron chi connectivity index (χ0n) is 10.9. The minimum absolute atomic E-state index is 0.413. The number of benzene rings is 2. The van der Waals surface area contributed by atoms with Crippen molar-refractivity contribution in [2.45, 2.75) is 13.5 Å². The van der Waals surface area contributed by atoms with Crippen molar-refractivity contribution in [3.63, 3.8) is 0 Å². The van der Waals surface area contributed by atoms with Crippen LogP contribution in [0.2, 0.25) is 0 Å². The summed E-state index contributed by atoms with van der Waals surface area (Å²) in [5, 5.41) is 3.32. The largest absolute Gasteiger partial charge is 0.379 e. The van der Waals surface area contributed by atoms with E-state index < -0.39 is 5.91 Å². The highest BCUT2D eigenvalue weighted by atomic mass is 79.9. The van der Waals surface area contributed by atoms with Crippen LogP contribution >= 0.6 is 31.9 Å². The summed E-state index contributed by atoms with van der Waals surface area (Å²) in [5.41, 5.74) is 8.91. The molecule has 1 amide bonds. The normalized spacial score (nSPS) is 10.3. The topological polar surface area (TPSA) is 55.1 Å². The van der Waals surface area contributed by atoms with Gasteiger partial charge in [0.05, 0.1) is 5.69 Å². The SMILES string of the molecule is Cc1cc(Br)c(NCc2ccccc2C(N)=O)c(Br)c1. The Bertz CT molecular complexity index is 633. The number of hydrogen-bond acceptors (Lipinski definition) is 2. The lowest BCUT2D eigenvalue weighted by Crippen LogP contribution is -2.15. The zero-order valence-corrected chi connectivity index (χ0v) is 14.1. The van der Waals surface area contributed by atoms with Crippen molar-refractivity contribution < 1.29 is 4.79 Å². The molecule has 5 heteroatoms. The molecule has 0 fully saturated rings. The standard InChI is InChI=1S/C15H14Br2N2O/c1-9-6-12(16)14(13(17)7-9)19-8-10-4-2-3-5-11(10)15(18)20/h2-7,19H,8H2,1H3,(H2,18,20). The first-order chi connectivity index (χ1) is 9.49. The fraction of sp³-hybridized carbons (Fsp3) is 0.133. The molecular weight excluding hydrogens is 384 g/mol. The molecule has 0 spiro atoms. The summed E-state index contributed by atoms with van der Waals surface area (Å²) in [7, 11) is 0. The molecule has 0 atom stereocenters. The molecule has 0 aliphatic carbocycles. The van der Waals surface area contributed by atoms with Gasteiger partial charge in [0.15, 0.2) is 0 Å². The summed E-state index contributed by atoms with van der Waals surface area (Å²) >= 11 is 7.07. The first kappa shape index (κ1) is 15.1. The van der Waals surface area contributed by atoms with Gasteiger partial charge in [-0.3, -0.25) is 4.79 Å². The molecule has 0 aromatic heterocycles. The second-order valence-electron chi connectivity index (χ2n) is 4.48. The van der Waals surface area contributed by atoms with E-state index in [2.05, 4.69) is 37.2 Å². The summed E-state index contributed by atoms with van der Waals surface area (Å²) < 4.78 is 1.95. The van der Waals surface area contributed by atoms with Crippen LogP contribution < -0.4 is 11.1 Å². The Labute approximate surface area is 134 Å². The number of halogens is 2. The number of nitrogens with one attached hydrogen (secondary N) is 1. The average Bonchev–Trinajstić information content (AvgIpc) is 2.37. The van der Waals surface area contributed by atoms with Gasteiger partial charge in [-0.25, -0.2) is 0 Å². The van der Waals surface area contributed by atoms with Crippen molar-refractivity contribution in [2.75, 3.05) is 5.32 Å². The fourth-order valence-corrected chi connectivity index (χ4v) is 3.66. The molecule has 2 rings (SSSR count). The highest BCUT2D eigenvalue weighted by molar-refractivity contribution is 9.11. The van der Waals surface area contributed by atoms with Gasteiger partial charge in [0, 0.05) is 21.1 Å². The first-order valence-electron chi connectivity index (χ1n) is 6.06. The third-order valence-corrected chi connectivity index (χ3v) is 4.18. The second-order valence-corrected chi connectivity index (χ2v) is 6.19.